The van der Waals surface area contributed by atoms with Crippen molar-refractivity contribution in [3.05, 3.63) is 29.8 Å². The van der Waals surface area contributed by atoms with E-state index in [9.17, 15) is 14.4 Å². The molecule has 1 aromatic rings. The molecule has 1 atom stereocenters. The number of carbonyl (C=O) groups is 3. The molecule has 0 spiro atoms. The standard InChI is InChI=1S/C19H24N2O3/c1-19(2,3)16(22)12-21-14-9-5-4-8-13(14)17(23)20-11-7-6-10-15(20)18(21)24/h4-5,8-9,15H,6-7,10-12H2,1-3H3/t15-/m0/s1. The van der Waals surface area contributed by atoms with Gasteiger partial charge in [0.1, 0.15) is 6.04 Å². The molecule has 0 unspecified atom stereocenters. The Hall–Kier alpha value is -2.17. The Balaban J connectivity index is 2.06. The maximum Gasteiger partial charge on any atom is 0.256 e. The molecule has 128 valence electrons. The van der Waals surface area contributed by atoms with Crippen LogP contribution >= 0.6 is 0 Å². The zero-order valence-corrected chi connectivity index (χ0v) is 14.5. The molecule has 2 heterocycles. The molecule has 2 amide bonds. The van der Waals surface area contributed by atoms with Gasteiger partial charge in [0.2, 0.25) is 5.91 Å². The van der Waals surface area contributed by atoms with E-state index >= 15 is 0 Å². The summed E-state index contributed by atoms with van der Waals surface area (Å²) in [5.41, 5.74) is 0.536. The van der Waals surface area contributed by atoms with Crippen molar-refractivity contribution in [1.29, 1.82) is 0 Å². The maximum absolute atomic E-state index is 13.1. The number of benzene rings is 1. The highest BCUT2D eigenvalue weighted by Crippen LogP contribution is 2.32. The van der Waals surface area contributed by atoms with Crippen LogP contribution in [0, 0.1) is 5.41 Å². The van der Waals surface area contributed by atoms with Gasteiger partial charge in [0, 0.05) is 12.0 Å². The number of amides is 2. The Kier molecular flexibility index (Phi) is 4.20. The molecule has 3 rings (SSSR count). The summed E-state index contributed by atoms with van der Waals surface area (Å²) in [6, 6.07) is 6.66. The highest BCUT2D eigenvalue weighted by molar-refractivity contribution is 6.13. The fraction of sp³-hybridized carbons (Fsp3) is 0.526. The smallest absolute Gasteiger partial charge is 0.256 e. The molecule has 0 saturated carbocycles. The van der Waals surface area contributed by atoms with E-state index in [1.54, 1.807) is 29.2 Å². The summed E-state index contributed by atoms with van der Waals surface area (Å²) in [5.74, 6) is -0.248. The molecule has 1 fully saturated rings. The van der Waals surface area contributed by atoms with Gasteiger partial charge in [-0.05, 0) is 31.4 Å². The van der Waals surface area contributed by atoms with Gasteiger partial charge >= 0.3 is 0 Å². The lowest BCUT2D eigenvalue weighted by Gasteiger charge is -2.34. The Morgan fingerprint density at radius 1 is 1.17 bits per heavy atom. The number of fused-ring (bicyclic) bond motifs is 2. The third-order valence-corrected chi connectivity index (χ3v) is 4.88. The van der Waals surface area contributed by atoms with E-state index in [1.165, 1.54) is 4.90 Å². The van der Waals surface area contributed by atoms with Gasteiger partial charge in [-0.1, -0.05) is 32.9 Å². The molecule has 0 N–H and O–H groups in total. The van der Waals surface area contributed by atoms with Crippen LogP contribution < -0.4 is 4.90 Å². The van der Waals surface area contributed by atoms with E-state index in [4.69, 9.17) is 0 Å². The molecular formula is C19H24N2O3. The van der Waals surface area contributed by atoms with Crippen molar-refractivity contribution < 1.29 is 14.4 Å². The van der Waals surface area contributed by atoms with Crippen LogP contribution in [0.3, 0.4) is 0 Å². The minimum absolute atomic E-state index is 0.0109. The molecule has 1 aromatic carbocycles. The van der Waals surface area contributed by atoms with Gasteiger partial charge < -0.3 is 9.80 Å². The highest BCUT2D eigenvalue weighted by atomic mass is 16.2. The summed E-state index contributed by atoms with van der Waals surface area (Å²) >= 11 is 0. The lowest BCUT2D eigenvalue weighted by molar-refractivity contribution is -0.129. The number of piperidine rings is 1. The third-order valence-electron chi connectivity index (χ3n) is 4.88. The summed E-state index contributed by atoms with van der Waals surface area (Å²) in [6.07, 6.45) is 2.51. The molecule has 1 saturated heterocycles. The van der Waals surface area contributed by atoms with E-state index in [1.807, 2.05) is 20.8 Å². The number of hydrogen-bond acceptors (Lipinski definition) is 3. The zero-order chi connectivity index (χ0) is 17.5. The van der Waals surface area contributed by atoms with Crippen molar-refractivity contribution in [3.63, 3.8) is 0 Å². The predicted octanol–water partition coefficient (Wildman–Crippen LogP) is 2.64. The van der Waals surface area contributed by atoms with Crippen molar-refractivity contribution in [2.45, 2.75) is 46.1 Å². The molecule has 0 aromatic heterocycles. The summed E-state index contributed by atoms with van der Waals surface area (Å²) < 4.78 is 0. The van der Waals surface area contributed by atoms with Gasteiger partial charge in [-0.15, -0.1) is 0 Å². The largest absolute Gasteiger partial charge is 0.327 e. The fourth-order valence-corrected chi connectivity index (χ4v) is 3.32. The number of anilines is 1. The molecule has 5 nitrogen and oxygen atoms in total. The highest BCUT2D eigenvalue weighted by Gasteiger charge is 2.41. The topological polar surface area (TPSA) is 57.7 Å². The lowest BCUT2D eigenvalue weighted by atomic mass is 9.90. The lowest BCUT2D eigenvalue weighted by Crippen LogP contribution is -2.52. The van der Waals surface area contributed by atoms with Crippen LogP contribution in [0.5, 0.6) is 0 Å². The van der Waals surface area contributed by atoms with Gasteiger partial charge in [0.25, 0.3) is 5.91 Å². The number of rotatable bonds is 2. The third kappa shape index (κ3) is 2.83. The van der Waals surface area contributed by atoms with E-state index in [2.05, 4.69) is 0 Å². The van der Waals surface area contributed by atoms with Crippen LogP contribution in [-0.2, 0) is 9.59 Å². The molecule has 2 aliphatic heterocycles. The second kappa shape index (κ2) is 6.04. The van der Waals surface area contributed by atoms with Gasteiger partial charge in [-0.25, -0.2) is 0 Å². The van der Waals surface area contributed by atoms with Crippen molar-refractivity contribution in [2.75, 3.05) is 18.0 Å². The quantitative estimate of drug-likeness (QED) is 0.838. The Labute approximate surface area is 142 Å². The van der Waals surface area contributed by atoms with Crippen LogP contribution in [-0.4, -0.2) is 41.6 Å². The van der Waals surface area contributed by atoms with Gasteiger partial charge in [0.15, 0.2) is 5.78 Å². The summed E-state index contributed by atoms with van der Waals surface area (Å²) in [5, 5.41) is 0. The first kappa shape index (κ1) is 16.7. The number of nitrogens with zero attached hydrogens (tertiary/aromatic N) is 2. The maximum atomic E-state index is 13.1. The molecule has 0 radical (unpaired) electrons. The van der Waals surface area contributed by atoms with Crippen LogP contribution in [0.4, 0.5) is 5.69 Å². The average molecular weight is 328 g/mol. The van der Waals surface area contributed by atoms with Crippen LogP contribution in [0.15, 0.2) is 24.3 Å². The van der Waals surface area contributed by atoms with E-state index < -0.39 is 11.5 Å². The molecule has 5 heteroatoms. The molecule has 2 aliphatic rings. The first-order chi connectivity index (χ1) is 11.3. The summed E-state index contributed by atoms with van der Waals surface area (Å²) in [7, 11) is 0. The predicted molar refractivity (Wildman–Crippen MR) is 91.9 cm³/mol. The van der Waals surface area contributed by atoms with E-state index in [0.717, 1.165) is 12.8 Å². The normalized spacial score (nSPS) is 21.2. The SMILES string of the molecule is CC(C)(C)C(=O)CN1C(=O)[C@@H]2CCCCN2C(=O)c2ccccc21. The number of para-hydroxylation sites is 1. The van der Waals surface area contributed by atoms with E-state index in [0.29, 0.717) is 24.2 Å². The summed E-state index contributed by atoms with van der Waals surface area (Å²) in [6.45, 7) is 6.16. The molecule has 24 heavy (non-hydrogen) atoms. The second-order valence-corrected chi connectivity index (χ2v) is 7.62. The van der Waals surface area contributed by atoms with Gasteiger partial charge in [-0.2, -0.15) is 0 Å². The Bertz CT molecular complexity index is 690. The Morgan fingerprint density at radius 2 is 1.88 bits per heavy atom. The minimum atomic E-state index is -0.530. The summed E-state index contributed by atoms with van der Waals surface area (Å²) in [4.78, 5) is 41.8. The number of hydrogen-bond donors (Lipinski definition) is 0. The van der Waals surface area contributed by atoms with E-state index in [-0.39, 0.29) is 24.1 Å². The van der Waals surface area contributed by atoms with Crippen molar-refractivity contribution >= 4 is 23.3 Å². The first-order valence-electron chi connectivity index (χ1n) is 8.55. The first-order valence-corrected chi connectivity index (χ1v) is 8.55. The zero-order valence-electron chi connectivity index (χ0n) is 14.5. The molecular weight excluding hydrogens is 304 g/mol. The average Bonchev–Trinajstić information content (AvgIpc) is 2.64. The fourth-order valence-electron chi connectivity index (χ4n) is 3.32. The second-order valence-electron chi connectivity index (χ2n) is 7.62. The van der Waals surface area contributed by atoms with Crippen molar-refractivity contribution in [3.8, 4) is 0 Å². The number of Topliss-reactive ketones (excluding diaryl/α,β-unsaturated/α-hetero) is 1. The number of carbonyl (C=O) groups excluding carboxylic acids is 3. The monoisotopic (exact) mass is 328 g/mol. The minimum Gasteiger partial charge on any atom is -0.327 e. The van der Waals surface area contributed by atoms with Crippen LogP contribution in [0.1, 0.15) is 50.4 Å². The Morgan fingerprint density at radius 3 is 2.58 bits per heavy atom. The van der Waals surface area contributed by atoms with Gasteiger partial charge in [0.05, 0.1) is 17.8 Å². The van der Waals surface area contributed by atoms with Crippen LogP contribution in [0.2, 0.25) is 0 Å². The van der Waals surface area contributed by atoms with Crippen molar-refractivity contribution in [1.82, 2.24) is 4.90 Å². The molecule has 0 aliphatic carbocycles. The van der Waals surface area contributed by atoms with Crippen LogP contribution in [0.25, 0.3) is 0 Å². The molecule has 0 bridgehead atoms. The van der Waals surface area contributed by atoms with Gasteiger partial charge in [-0.3, -0.25) is 14.4 Å². The number of ketones is 1. The van der Waals surface area contributed by atoms with Crippen molar-refractivity contribution in [2.24, 2.45) is 5.41 Å².